The normalized spacial score (nSPS) is 15.4. The van der Waals surface area contributed by atoms with Crippen molar-refractivity contribution in [2.45, 2.75) is 25.3 Å². The van der Waals surface area contributed by atoms with Gasteiger partial charge in [0.1, 0.15) is 0 Å². The first-order valence-electron chi connectivity index (χ1n) is 8.49. The van der Waals surface area contributed by atoms with Gasteiger partial charge in [0.2, 0.25) is 0 Å². The summed E-state index contributed by atoms with van der Waals surface area (Å²) >= 11 is 0. The molecule has 4 nitrogen and oxygen atoms in total. The number of halogens is 1. The van der Waals surface area contributed by atoms with Crippen molar-refractivity contribution in [3.63, 3.8) is 0 Å². The van der Waals surface area contributed by atoms with E-state index >= 15 is 0 Å². The Morgan fingerprint density at radius 1 is 1.12 bits per heavy atom. The molecule has 0 unspecified atom stereocenters. The van der Waals surface area contributed by atoms with Crippen LogP contribution in [-0.4, -0.2) is 36.1 Å². The van der Waals surface area contributed by atoms with E-state index in [9.17, 15) is 9.90 Å². The average Bonchev–Trinajstić information content (AvgIpc) is 2.62. The second-order valence-electron chi connectivity index (χ2n) is 6.36. The highest BCUT2D eigenvalue weighted by Crippen LogP contribution is 2.35. The number of aromatic carboxylic acids is 1. The summed E-state index contributed by atoms with van der Waals surface area (Å²) in [6.07, 6.45) is 1.98. The first-order valence-corrected chi connectivity index (χ1v) is 8.49. The van der Waals surface area contributed by atoms with Crippen LogP contribution in [0.2, 0.25) is 0 Å². The van der Waals surface area contributed by atoms with E-state index in [1.165, 1.54) is 5.56 Å². The van der Waals surface area contributed by atoms with Crippen LogP contribution in [0.25, 0.3) is 0 Å². The number of piperidine rings is 1. The van der Waals surface area contributed by atoms with Gasteiger partial charge in [0.15, 0.2) is 0 Å². The molecule has 3 rings (SSSR count). The molecule has 0 atom stereocenters. The van der Waals surface area contributed by atoms with Crippen LogP contribution in [0.4, 0.5) is 5.69 Å². The molecular formula is C20H25ClN2O2. The summed E-state index contributed by atoms with van der Waals surface area (Å²) < 4.78 is 0. The third-order valence-corrected chi connectivity index (χ3v) is 4.85. The van der Waals surface area contributed by atoms with Crippen molar-refractivity contribution in [3.8, 4) is 0 Å². The summed E-state index contributed by atoms with van der Waals surface area (Å²) in [5.41, 5.74) is 3.67. The molecule has 2 N–H and O–H groups in total. The molecule has 5 heteroatoms. The number of hydrogen-bond acceptors (Lipinski definition) is 3. The second kappa shape index (κ2) is 8.88. The molecule has 1 aliphatic heterocycles. The van der Waals surface area contributed by atoms with E-state index in [-0.39, 0.29) is 12.4 Å². The molecular weight excluding hydrogens is 336 g/mol. The van der Waals surface area contributed by atoms with E-state index in [1.54, 1.807) is 6.07 Å². The third-order valence-electron chi connectivity index (χ3n) is 4.85. The number of nitrogens with zero attached hydrogens (tertiary/aromatic N) is 1. The first-order chi connectivity index (χ1) is 11.7. The zero-order chi connectivity index (χ0) is 16.9. The maximum atomic E-state index is 11.6. The average molecular weight is 361 g/mol. The molecule has 2 aromatic rings. The molecule has 1 saturated heterocycles. The Balaban J connectivity index is 0.00000225. The van der Waals surface area contributed by atoms with Gasteiger partial charge in [-0.15, -0.1) is 12.4 Å². The monoisotopic (exact) mass is 360 g/mol. The summed E-state index contributed by atoms with van der Waals surface area (Å²) in [5, 5.41) is 12.7. The van der Waals surface area contributed by atoms with Gasteiger partial charge in [-0.2, -0.15) is 0 Å². The number of nitrogens with one attached hydrogen (secondary N) is 1. The van der Waals surface area contributed by atoms with Crippen molar-refractivity contribution < 1.29 is 9.90 Å². The Bertz CT molecular complexity index is 698. The number of carbonyl (C=O) groups is 1. The number of anilines is 1. The Hall–Kier alpha value is -2.04. The molecule has 0 radical (unpaired) electrons. The molecule has 1 fully saturated rings. The third kappa shape index (κ3) is 4.53. The fourth-order valence-electron chi connectivity index (χ4n) is 3.63. The predicted octanol–water partition coefficient (Wildman–Crippen LogP) is 4.23. The van der Waals surface area contributed by atoms with Crippen LogP contribution < -0.4 is 5.32 Å². The smallest absolute Gasteiger partial charge is 0.336 e. The van der Waals surface area contributed by atoms with Gasteiger partial charge in [0, 0.05) is 19.3 Å². The van der Waals surface area contributed by atoms with E-state index in [1.807, 2.05) is 25.2 Å². The van der Waals surface area contributed by atoms with Gasteiger partial charge in [-0.3, -0.25) is 4.90 Å². The minimum Gasteiger partial charge on any atom is -0.478 e. The molecule has 0 spiro atoms. The SMILES string of the molecule is CNc1cccc(C(=O)O)c1C1CCN(Cc2ccccc2)CC1.Cl. The molecule has 0 aromatic heterocycles. The van der Waals surface area contributed by atoms with Crippen molar-refractivity contribution >= 4 is 24.1 Å². The molecule has 0 bridgehead atoms. The van der Waals surface area contributed by atoms with Crippen LogP contribution >= 0.6 is 12.4 Å². The van der Waals surface area contributed by atoms with Crippen LogP contribution in [0, 0.1) is 0 Å². The van der Waals surface area contributed by atoms with Crippen molar-refractivity contribution in [2.24, 2.45) is 0 Å². The van der Waals surface area contributed by atoms with E-state index in [0.29, 0.717) is 11.5 Å². The lowest BCUT2D eigenvalue weighted by Crippen LogP contribution is -2.33. The van der Waals surface area contributed by atoms with Crippen LogP contribution in [0.3, 0.4) is 0 Å². The number of rotatable bonds is 5. The first kappa shape index (κ1) is 19.3. The zero-order valence-corrected chi connectivity index (χ0v) is 15.3. The van der Waals surface area contributed by atoms with E-state index in [2.05, 4.69) is 34.5 Å². The second-order valence-corrected chi connectivity index (χ2v) is 6.36. The Kier molecular flexibility index (Phi) is 6.85. The summed E-state index contributed by atoms with van der Waals surface area (Å²) in [4.78, 5) is 14.1. The highest BCUT2D eigenvalue weighted by molar-refractivity contribution is 5.91. The standard InChI is InChI=1S/C20H24N2O2.ClH/c1-21-18-9-5-8-17(20(23)24)19(18)16-10-12-22(13-11-16)14-15-6-3-2-4-7-15;/h2-9,16,21H,10-14H2,1H3,(H,23,24);1H. The van der Waals surface area contributed by atoms with Crippen molar-refractivity contribution in [3.05, 3.63) is 65.2 Å². The summed E-state index contributed by atoms with van der Waals surface area (Å²) in [5.74, 6) is -0.541. The number of likely N-dealkylation sites (tertiary alicyclic amines) is 1. The van der Waals surface area contributed by atoms with Gasteiger partial charge >= 0.3 is 5.97 Å². The van der Waals surface area contributed by atoms with Gasteiger partial charge in [-0.25, -0.2) is 4.79 Å². The molecule has 2 aromatic carbocycles. The summed E-state index contributed by atoms with van der Waals surface area (Å²) in [6, 6.07) is 16.0. The summed E-state index contributed by atoms with van der Waals surface area (Å²) in [7, 11) is 1.86. The van der Waals surface area contributed by atoms with E-state index < -0.39 is 5.97 Å². The highest BCUT2D eigenvalue weighted by Gasteiger charge is 2.26. The van der Waals surface area contributed by atoms with Gasteiger partial charge in [-0.05, 0) is 55.1 Å². The minimum absolute atomic E-state index is 0. The molecule has 0 amide bonds. The molecule has 0 aliphatic carbocycles. The van der Waals surface area contributed by atoms with E-state index in [4.69, 9.17) is 0 Å². The van der Waals surface area contributed by atoms with E-state index in [0.717, 1.165) is 43.7 Å². The topological polar surface area (TPSA) is 52.6 Å². The maximum absolute atomic E-state index is 11.6. The van der Waals surface area contributed by atoms with Crippen LogP contribution in [-0.2, 0) is 6.54 Å². The zero-order valence-electron chi connectivity index (χ0n) is 14.4. The molecule has 25 heavy (non-hydrogen) atoms. The van der Waals surface area contributed by atoms with Crippen molar-refractivity contribution in [1.82, 2.24) is 4.90 Å². The highest BCUT2D eigenvalue weighted by atomic mass is 35.5. The molecule has 1 heterocycles. The van der Waals surface area contributed by atoms with Gasteiger partial charge in [0.25, 0.3) is 0 Å². The lowest BCUT2D eigenvalue weighted by Gasteiger charge is -2.33. The van der Waals surface area contributed by atoms with Crippen LogP contribution in [0.15, 0.2) is 48.5 Å². The largest absolute Gasteiger partial charge is 0.478 e. The number of hydrogen-bond donors (Lipinski definition) is 2. The summed E-state index contributed by atoms with van der Waals surface area (Å²) in [6.45, 7) is 2.96. The quantitative estimate of drug-likeness (QED) is 0.837. The minimum atomic E-state index is -0.839. The Morgan fingerprint density at radius 2 is 1.80 bits per heavy atom. The molecule has 0 saturated carbocycles. The lowest BCUT2D eigenvalue weighted by atomic mass is 9.85. The van der Waals surface area contributed by atoms with Gasteiger partial charge in [-0.1, -0.05) is 36.4 Å². The van der Waals surface area contributed by atoms with Gasteiger partial charge < -0.3 is 10.4 Å². The lowest BCUT2D eigenvalue weighted by molar-refractivity contribution is 0.0694. The fourth-order valence-corrected chi connectivity index (χ4v) is 3.63. The van der Waals surface area contributed by atoms with Crippen molar-refractivity contribution in [1.29, 1.82) is 0 Å². The van der Waals surface area contributed by atoms with Crippen LogP contribution in [0.5, 0.6) is 0 Å². The Labute approximate surface area is 155 Å². The number of carboxylic acids is 1. The fraction of sp³-hybridized carbons (Fsp3) is 0.350. The van der Waals surface area contributed by atoms with Crippen molar-refractivity contribution in [2.75, 3.05) is 25.5 Å². The Morgan fingerprint density at radius 3 is 2.40 bits per heavy atom. The molecule has 134 valence electrons. The predicted molar refractivity (Wildman–Crippen MR) is 104 cm³/mol. The molecule has 1 aliphatic rings. The number of benzene rings is 2. The van der Waals surface area contributed by atoms with Crippen LogP contribution in [0.1, 0.15) is 40.2 Å². The number of carboxylic acid groups (broad SMARTS) is 1. The van der Waals surface area contributed by atoms with Gasteiger partial charge in [0.05, 0.1) is 5.56 Å². The maximum Gasteiger partial charge on any atom is 0.336 e.